The number of carbonyl (C=O) groups excluding carboxylic acids is 1. The number of fused-ring (bicyclic) bond motifs is 2. The highest BCUT2D eigenvalue weighted by atomic mass is 79.9. The third-order valence-electron chi connectivity index (χ3n) is 5.30. The van der Waals surface area contributed by atoms with Crippen molar-refractivity contribution >= 4 is 49.6 Å². The molecule has 4 aromatic rings. The van der Waals surface area contributed by atoms with Gasteiger partial charge < -0.3 is 9.88 Å². The van der Waals surface area contributed by atoms with E-state index in [1.807, 2.05) is 54.9 Å². The average Bonchev–Trinajstić information content (AvgIpc) is 3.35. The molecule has 0 radical (unpaired) electrons. The second-order valence-corrected chi connectivity index (χ2v) is 9.05. The van der Waals surface area contributed by atoms with Crippen LogP contribution in [0, 0.1) is 0 Å². The van der Waals surface area contributed by atoms with E-state index in [1.165, 1.54) is 16.9 Å². The van der Waals surface area contributed by atoms with Crippen LogP contribution in [0.25, 0.3) is 15.8 Å². The summed E-state index contributed by atoms with van der Waals surface area (Å²) in [7, 11) is 0. The lowest BCUT2D eigenvalue weighted by Gasteiger charge is -2.14. The Hall–Kier alpha value is -2.37. The molecule has 0 saturated heterocycles. The third-order valence-corrected chi connectivity index (χ3v) is 7.30. The molecule has 5 rings (SSSR count). The van der Waals surface area contributed by atoms with Gasteiger partial charge in [-0.05, 0) is 72.4 Å². The van der Waals surface area contributed by atoms with Crippen molar-refractivity contribution in [3.8, 4) is 5.00 Å². The van der Waals surface area contributed by atoms with Crippen molar-refractivity contribution in [1.82, 2.24) is 4.57 Å². The van der Waals surface area contributed by atoms with Crippen LogP contribution in [0.5, 0.6) is 0 Å². The Bertz CT molecular complexity index is 1180. The molecule has 140 valence electrons. The van der Waals surface area contributed by atoms with E-state index < -0.39 is 0 Å². The standard InChI is InChI=1S/C23H19BrN2OS/c24-19-8-5-6-15-14-16(10-11-17(15)19)25-22(27)21-18-7-1-2-9-20(18)28-23(21)26-12-3-4-13-26/h3-6,8,10-14H,1-2,7,9H2,(H,25,27). The Labute approximate surface area is 176 Å². The number of nitrogens with zero attached hydrogens (tertiary/aromatic N) is 1. The van der Waals surface area contributed by atoms with Crippen LogP contribution in [0.15, 0.2) is 65.4 Å². The minimum absolute atomic E-state index is 0.0163. The number of hydrogen-bond donors (Lipinski definition) is 1. The Kier molecular flexibility index (Phi) is 4.57. The van der Waals surface area contributed by atoms with Gasteiger partial charge in [-0.2, -0.15) is 0 Å². The molecule has 1 amide bonds. The minimum atomic E-state index is -0.0163. The van der Waals surface area contributed by atoms with Crippen molar-refractivity contribution in [1.29, 1.82) is 0 Å². The van der Waals surface area contributed by atoms with Crippen molar-refractivity contribution in [3.63, 3.8) is 0 Å². The first-order valence-electron chi connectivity index (χ1n) is 9.48. The molecule has 0 unspecified atom stereocenters. The Balaban J connectivity index is 1.54. The molecule has 0 atom stereocenters. The molecule has 28 heavy (non-hydrogen) atoms. The molecule has 0 spiro atoms. The van der Waals surface area contributed by atoms with E-state index in [0.29, 0.717) is 0 Å². The summed E-state index contributed by atoms with van der Waals surface area (Å²) in [6.07, 6.45) is 8.45. The summed E-state index contributed by atoms with van der Waals surface area (Å²) in [6.45, 7) is 0. The lowest BCUT2D eigenvalue weighted by Crippen LogP contribution is -2.16. The predicted molar refractivity (Wildman–Crippen MR) is 120 cm³/mol. The Morgan fingerprint density at radius 2 is 1.86 bits per heavy atom. The number of hydrogen-bond acceptors (Lipinski definition) is 2. The average molecular weight is 451 g/mol. The van der Waals surface area contributed by atoms with Crippen molar-refractivity contribution in [2.75, 3.05) is 5.32 Å². The molecule has 0 fully saturated rings. The van der Waals surface area contributed by atoms with Gasteiger partial charge in [-0.3, -0.25) is 4.79 Å². The van der Waals surface area contributed by atoms with E-state index in [1.54, 1.807) is 11.3 Å². The van der Waals surface area contributed by atoms with Gasteiger partial charge in [-0.1, -0.05) is 34.1 Å². The lowest BCUT2D eigenvalue weighted by molar-refractivity contribution is 0.102. The van der Waals surface area contributed by atoms with Crippen LogP contribution in [0.4, 0.5) is 5.69 Å². The molecule has 2 aromatic heterocycles. The largest absolute Gasteiger partial charge is 0.322 e. The second-order valence-electron chi connectivity index (χ2n) is 7.11. The predicted octanol–water partition coefficient (Wildman–Crippen LogP) is 6.59. The molecule has 3 nitrogen and oxygen atoms in total. The van der Waals surface area contributed by atoms with Gasteiger partial charge in [0.2, 0.25) is 0 Å². The highest BCUT2D eigenvalue weighted by Gasteiger charge is 2.26. The molecule has 2 heterocycles. The number of nitrogens with one attached hydrogen (secondary N) is 1. The van der Waals surface area contributed by atoms with E-state index in [4.69, 9.17) is 0 Å². The summed E-state index contributed by atoms with van der Waals surface area (Å²) in [4.78, 5) is 14.7. The molecular weight excluding hydrogens is 432 g/mol. The number of halogens is 1. The van der Waals surface area contributed by atoms with Gasteiger partial charge in [-0.15, -0.1) is 11.3 Å². The summed E-state index contributed by atoms with van der Waals surface area (Å²) >= 11 is 5.35. The van der Waals surface area contributed by atoms with E-state index >= 15 is 0 Å². The van der Waals surface area contributed by atoms with Gasteiger partial charge in [-0.25, -0.2) is 0 Å². The molecule has 0 bridgehead atoms. The van der Waals surface area contributed by atoms with Crippen LogP contribution in [0.3, 0.4) is 0 Å². The van der Waals surface area contributed by atoms with Gasteiger partial charge in [0.1, 0.15) is 5.00 Å². The number of thiophene rings is 1. The topological polar surface area (TPSA) is 34.0 Å². The highest BCUT2D eigenvalue weighted by molar-refractivity contribution is 9.10. The second kappa shape index (κ2) is 7.22. The maximum absolute atomic E-state index is 13.3. The summed E-state index contributed by atoms with van der Waals surface area (Å²) in [6, 6.07) is 16.2. The van der Waals surface area contributed by atoms with Crippen LogP contribution in [-0.2, 0) is 12.8 Å². The smallest absolute Gasteiger partial charge is 0.258 e. The fourth-order valence-corrected chi connectivity index (χ4v) is 5.82. The molecular formula is C23H19BrN2OS. The lowest BCUT2D eigenvalue weighted by atomic mass is 9.95. The molecule has 1 aliphatic carbocycles. The quantitative estimate of drug-likeness (QED) is 0.375. The molecule has 0 saturated carbocycles. The third kappa shape index (κ3) is 3.09. The maximum atomic E-state index is 13.3. The van der Waals surface area contributed by atoms with E-state index in [9.17, 15) is 4.79 Å². The molecule has 2 aromatic carbocycles. The van der Waals surface area contributed by atoms with Crippen LogP contribution < -0.4 is 5.32 Å². The number of anilines is 1. The summed E-state index contributed by atoms with van der Waals surface area (Å²) in [5.41, 5.74) is 2.90. The fourth-order valence-electron chi connectivity index (χ4n) is 3.95. The summed E-state index contributed by atoms with van der Waals surface area (Å²) in [5.74, 6) is -0.0163. The van der Waals surface area contributed by atoms with E-state index in [2.05, 4.69) is 31.9 Å². The number of amides is 1. The number of rotatable bonds is 3. The monoisotopic (exact) mass is 450 g/mol. The SMILES string of the molecule is O=C(Nc1ccc2c(Br)cccc2c1)c1c(-n2cccc2)sc2c1CCCC2. The number of carbonyl (C=O) groups is 1. The highest BCUT2D eigenvalue weighted by Crippen LogP contribution is 2.37. The van der Waals surface area contributed by atoms with Crippen LogP contribution in [0.2, 0.25) is 0 Å². The summed E-state index contributed by atoms with van der Waals surface area (Å²) in [5, 5.41) is 6.42. The van der Waals surface area contributed by atoms with Gasteiger partial charge >= 0.3 is 0 Å². The van der Waals surface area contributed by atoms with Gasteiger partial charge in [0.05, 0.1) is 5.56 Å². The fraction of sp³-hybridized carbons (Fsp3) is 0.174. The molecule has 0 aliphatic heterocycles. The first-order chi connectivity index (χ1) is 13.7. The zero-order valence-corrected chi connectivity index (χ0v) is 17.6. The maximum Gasteiger partial charge on any atom is 0.258 e. The van der Waals surface area contributed by atoms with Gasteiger partial charge in [0.25, 0.3) is 5.91 Å². The first-order valence-corrected chi connectivity index (χ1v) is 11.1. The van der Waals surface area contributed by atoms with Gasteiger partial charge in [0.15, 0.2) is 0 Å². The first kappa shape index (κ1) is 17.7. The van der Waals surface area contributed by atoms with Gasteiger partial charge in [0, 0.05) is 27.4 Å². The number of aryl methyl sites for hydroxylation is 1. The van der Waals surface area contributed by atoms with Crippen molar-refractivity contribution in [2.45, 2.75) is 25.7 Å². The van der Waals surface area contributed by atoms with Crippen LogP contribution in [-0.4, -0.2) is 10.5 Å². The molecule has 1 N–H and O–H groups in total. The van der Waals surface area contributed by atoms with Crippen LogP contribution >= 0.6 is 27.3 Å². The summed E-state index contributed by atoms with van der Waals surface area (Å²) < 4.78 is 3.12. The number of benzene rings is 2. The molecule has 5 heteroatoms. The zero-order valence-electron chi connectivity index (χ0n) is 15.2. The number of aromatic nitrogens is 1. The Morgan fingerprint density at radius 1 is 1.04 bits per heavy atom. The zero-order chi connectivity index (χ0) is 19.1. The van der Waals surface area contributed by atoms with Crippen molar-refractivity contribution < 1.29 is 4.79 Å². The van der Waals surface area contributed by atoms with Crippen molar-refractivity contribution in [3.05, 3.63) is 81.4 Å². The molecule has 1 aliphatic rings. The van der Waals surface area contributed by atoms with E-state index in [0.717, 1.165) is 50.8 Å². The van der Waals surface area contributed by atoms with Crippen LogP contribution in [0.1, 0.15) is 33.6 Å². The normalized spacial score (nSPS) is 13.5. The minimum Gasteiger partial charge on any atom is -0.322 e. The van der Waals surface area contributed by atoms with E-state index in [-0.39, 0.29) is 5.91 Å². The van der Waals surface area contributed by atoms with Crippen molar-refractivity contribution in [2.24, 2.45) is 0 Å². The Morgan fingerprint density at radius 3 is 2.71 bits per heavy atom.